The van der Waals surface area contributed by atoms with Crippen molar-refractivity contribution in [1.82, 2.24) is 4.98 Å². The molecule has 1 aliphatic heterocycles. The summed E-state index contributed by atoms with van der Waals surface area (Å²) in [6, 6.07) is 10.6. The summed E-state index contributed by atoms with van der Waals surface area (Å²) < 4.78 is 60.5. The third-order valence-electron chi connectivity index (χ3n) is 4.97. The summed E-state index contributed by atoms with van der Waals surface area (Å²) >= 11 is 0. The molecule has 0 aliphatic carbocycles. The first kappa shape index (κ1) is 21.5. The molecule has 29 heavy (non-hydrogen) atoms. The third-order valence-corrected chi connectivity index (χ3v) is 4.97. The van der Waals surface area contributed by atoms with Gasteiger partial charge in [-0.2, -0.15) is 13.2 Å². The second-order valence-corrected chi connectivity index (χ2v) is 7.84. The second-order valence-electron chi connectivity index (χ2n) is 7.84. The first-order chi connectivity index (χ1) is 13.5. The number of rotatable bonds is 6. The van der Waals surface area contributed by atoms with E-state index in [2.05, 4.69) is 4.98 Å². The number of alkyl halides is 3. The van der Waals surface area contributed by atoms with Crippen molar-refractivity contribution in [2.75, 3.05) is 6.61 Å². The molecule has 1 aromatic carbocycles. The number of benzene rings is 1. The van der Waals surface area contributed by atoms with E-state index >= 15 is 0 Å². The monoisotopic (exact) mass is 409 g/mol. The molecule has 1 saturated heterocycles. The number of ether oxygens (including phenoxy) is 2. The first-order valence-corrected chi connectivity index (χ1v) is 9.19. The number of hydrogen-bond acceptors (Lipinski definition) is 5. The fraction of sp³-hybridized carbons (Fsp3) is 0.450. The molecule has 0 unspecified atom stereocenters. The van der Waals surface area contributed by atoms with E-state index in [9.17, 15) is 13.2 Å². The molecule has 0 spiro atoms. The van der Waals surface area contributed by atoms with E-state index in [1.54, 1.807) is 0 Å². The van der Waals surface area contributed by atoms with Gasteiger partial charge in [0.1, 0.15) is 6.61 Å². The topological polar surface area (TPSA) is 49.8 Å². The summed E-state index contributed by atoms with van der Waals surface area (Å²) in [5, 5.41) is 0. The molecule has 5 nitrogen and oxygen atoms in total. The van der Waals surface area contributed by atoms with Crippen molar-refractivity contribution >= 4 is 12.6 Å². The lowest BCUT2D eigenvalue weighted by Gasteiger charge is -2.32. The second kappa shape index (κ2) is 7.87. The van der Waals surface area contributed by atoms with Crippen molar-refractivity contribution in [2.45, 2.75) is 51.7 Å². The van der Waals surface area contributed by atoms with Gasteiger partial charge in [-0.25, -0.2) is 4.98 Å². The highest BCUT2D eigenvalue weighted by Crippen LogP contribution is 2.37. The maximum Gasteiger partial charge on any atom is 0.496 e. The Labute approximate surface area is 168 Å². The van der Waals surface area contributed by atoms with Crippen LogP contribution in [0, 0.1) is 0 Å². The maximum atomic E-state index is 12.7. The van der Waals surface area contributed by atoms with E-state index in [1.165, 1.54) is 12.3 Å². The molecule has 0 atom stereocenters. The SMILES string of the molecule is CC1(C)OB(c2cnc(OCc3ccccc3)c(OCC(F)(F)F)c2)OC1(C)C. The Morgan fingerprint density at radius 3 is 2.21 bits per heavy atom. The standard InChI is InChI=1S/C20H23BF3NO4/c1-18(2)19(3,4)29-21(28-18)15-10-16(27-13-20(22,23)24)17(25-11-15)26-12-14-8-6-5-7-9-14/h5-11H,12-13H2,1-4H3. The fourth-order valence-corrected chi connectivity index (χ4v) is 2.65. The van der Waals surface area contributed by atoms with E-state index in [-0.39, 0.29) is 18.2 Å². The van der Waals surface area contributed by atoms with Gasteiger partial charge in [0.15, 0.2) is 12.4 Å². The van der Waals surface area contributed by atoms with Gasteiger partial charge in [-0.15, -0.1) is 0 Å². The highest BCUT2D eigenvalue weighted by atomic mass is 19.4. The summed E-state index contributed by atoms with van der Waals surface area (Å²) in [6.07, 6.45) is -3.03. The Kier molecular flexibility index (Phi) is 5.82. The average molecular weight is 409 g/mol. The van der Waals surface area contributed by atoms with Gasteiger partial charge < -0.3 is 18.8 Å². The largest absolute Gasteiger partial charge is 0.496 e. The lowest BCUT2D eigenvalue weighted by molar-refractivity contribution is -0.153. The molecular weight excluding hydrogens is 386 g/mol. The molecule has 2 heterocycles. The normalized spacial score (nSPS) is 18.0. The van der Waals surface area contributed by atoms with Crippen molar-refractivity contribution in [3.05, 3.63) is 48.2 Å². The van der Waals surface area contributed by atoms with Crippen LogP contribution >= 0.6 is 0 Å². The van der Waals surface area contributed by atoms with Crippen LogP contribution in [0.4, 0.5) is 13.2 Å². The van der Waals surface area contributed by atoms with E-state index in [1.807, 2.05) is 58.0 Å². The van der Waals surface area contributed by atoms with Gasteiger partial charge >= 0.3 is 13.3 Å². The van der Waals surface area contributed by atoms with Gasteiger partial charge in [0.25, 0.3) is 5.88 Å². The molecule has 2 aromatic rings. The maximum absolute atomic E-state index is 12.7. The Morgan fingerprint density at radius 2 is 1.62 bits per heavy atom. The van der Waals surface area contributed by atoms with Crippen LogP contribution < -0.4 is 14.9 Å². The summed E-state index contributed by atoms with van der Waals surface area (Å²) in [4.78, 5) is 4.16. The Hall–Kier alpha value is -2.26. The van der Waals surface area contributed by atoms with Gasteiger partial charge in [-0.3, -0.25) is 0 Å². The van der Waals surface area contributed by atoms with Crippen LogP contribution in [0.2, 0.25) is 0 Å². The molecule has 0 radical (unpaired) electrons. The lowest BCUT2D eigenvalue weighted by atomic mass is 9.80. The summed E-state index contributed by atoms with van der Waals surface area (Å²) in [5.74, 6) is -0.149. The number of halogens is 3. The molecule has 0 bridgehead atoms. The minimum atomic E-state index is -4.49. The van der Waals surface area contributed by atoms with Crippen molar-refractivity contribution < 1.29 is 32.0 Å². The van der Waals surface area contributed by atoms with E-state index in [4.69, 9.17) is 18.8 Å². The molecule has 156 valence electrons. The Morgan fingerprint density at radius 1 is 1.00 bits per heavy atom. The van der Waals surface area contributed by atoms with Crippen LogP contribution in [0.5, 0.6) is 11.6 Å². The van der Waals surface area contributed by atoms with Crippen LogP contribution in [0.3, 0.4) is 0 Å². The fourth-order valence-electron chi connectivity index (χ4n) is 2.65. The minimum Gasteiger partial charge on any atom is -0.478 e. The molecule has 0 saturated carbocycles. The smallest absolute Gasteiger partial charge is 0.478 e. The van der Waals surface area contributed by atoms with Gasteiger partial charge in [-0.05, 0) is 39.3 Å². The first-order valence-electron chi connectivity index (χ1n) is 9.19. The predicted molar refractivity (Wildman–Crippen MR) is 102 cm³/mol. The summed E-state index contributed by atoms with van der Waals surface area (Å²) in [7, 11) is -0.774. The zero-order valence-corrected chi connectivity index (χ0v) is 16.7. The highest BCUT2D eigenvalue weighted by molar-refractivity contribution is 6.62. The summed E-state index contributed by atoms with van der Waals surface area (Å²) in [6.45, 7) is 6.24. The van der Waals surface area contributed by atoms with E-state index in [0.29, 0.717) is 5.46 Å². The predicted octanol–water partition coefficient (Wildman–Crippen LogP) is 3.90. The zero-order valence-electron chi connectivity index (χ0n) is 16.7. The van der Waals surface area contributed by atoms with Crippen molar-refractivity contribution in [3.8, 4) is 11.6 Å². The van der Waals surface area contributed by atoms with E-state index < -0.39 is 31.1 Å². The number of nitrogens with zero attached hydrogens (tertiary/aromatic N) is 1. The van der Waals surface area contributed by atoms with Crippen molar-refractivity contribution in [1.29, 1.82) is 0 Å². The summed E-state index contributed by atoms with van der Waals surface area (Å²) in [5.41, 5.74) is 0.124. The van der Waals surface area contributed by atoms with Crippen LogP contribution in [-0.4, -0.2) is 36.1 Å². The van der Waals surface area contributed by atoms with Crippen LogP contribution in [-0.2, 0) is 15.9 Å². The Balaban J connectivity index is 1.83. The van der Waals surface area contributed by atoms with Gasteiger partial charge in [0.2, 0.25) is 0 Å². The number of hydrogen-bond donors (Lipinski definition) is 0. The third kappa shape index (κ3) is 5.22. The Bertz CT molecular complexity index is 827. The van der Waals surface area contributed by atoms with Crippen LogP contribution in [0.15, 0.2) is 42.6 Å². The minimum absolute atomic E-state index is 0.0293. The highest BCUT2D eigenvalue weighted by Gasteiger charge is 2.52. The quantitative estimate of drug-likeness (QED) is 0.678. The molecule has 3 rings (SSSR count). The van der Waals surface area contributed by atoms with Crippen molar-refractivity contribution in [3.63, 3.8) is 0 Å². The molecule has 1 aliphatic rings. The molecule has 0 N–H and O–H groups in total. The zero-order chi connectivity index (χ0) is 21.3. The average Bonchev–Trinajstić information content (AvgIpc) is 2.86. The molecular formula is C20H23BF3NO4. The van der Waals surface area contributed by atoms with Crippen molar-refractivity contribution in [2.24, 2.45) is 0 Å². The lowest BCUT2D eigenvalue weighted by Crippen LogP contribution is -2.41. The molecule has 1 aromatic heterocycles. The number of aromatic nitrogens is 1. The van der Waals surface area contributed by atoms with Crippen LogP contribution in [0.25, 0.3) is 0 Å². The molecule has 1 fully saturated rings. The molecule has 9 heteroatoms. The van der Waals surface area contributed by atoms with Gasteiger partial charge in [-0.1, -0.05) is 30.3 Å². The van der Waals surface area contributed by atoms with Crippen LogP contribution in [0.1, 0.15) is 33.3 Å². The van der Waals surface area contributed by atoms with E-state index in [0.717, 1.165) is 5.56 Å². The van der Waals surface area contributed by atoms with Gasteiger partial charge in [0.05, 0.1) is 11.2 Å². The van der Waals surface area contributed by atoms with Gasteiger partial charge in [0, 0.05) is 11.7 Å². The molecule has 0 amide bonds. The number of pyridine rings is 1.